The second kappa shape index (κ2) is 11.9. The molecule has 0 bridgehead atoms. The van der Waals surface area contributed by atoms with Crippen LogP contribution in [0.15, 0.2) is 0 Å². The molecule has 0 aromatic rings. The fraction of sp³-hybridized carbons (Fsp3) is 0.667. The van der Waals surface area contributed by atoms with Crippen LogP contribution in [0.25, 0.3) is 0 Å². The van der Waals surface area contributed by atoms with E-state index in [0.29, 0.717) is 0 Å². The van der Waals surface area contributed by atoms with Gasteiger partial charge in [-0.1, -0.05) is 0 Å². The highest BCUT2D eigenvalue weighted by Gasteiger charge is 2.67. The zero-order chi connectivity index (χ0) is 25.3. The van der Waals surface area contributed by atoms with Crippen molar-refractivity contribution in [3.05, 3.63) is 20.2 Å². The fourth-order valence-corrected chi connectivity index (χ4v) is 3.49. The lowest BCUT2D eigenvalue weighted by atomic mass is 10.0. The monoisotopic (exact) mass is 494 g/mol. The van der Waals surface area contributed by atoms with E-state index in [4.69, 9.17) is 15.9 Å². The number of nitrogens with zero attached hydrogens (tertiary/aromatic N) is 3. The standard InChI is InChI=1S/C15H22N6O11S/c16-8(14(27)28)1-2-10(22)18-9(13(26)17-3-12(24)25)4-33-5-11(23)19-6-15(7-19,20(29)30)21(31)32/h8-9H,1-7,16H2,(H,17,26)(H,18,22)(H,24,25)(H,27,28). The molecule has 1 aliphatic rings. The highest BCUT2D eigenvalue weighted by Crippen LogP contribution is 2.25. The number of nitrogens with two attached hydrogens (primary N) is 1. The molecule has 0 aliphatic carbocycles. The van der Waals surface area contributed by atoms with Crippen LogP contribution in [0, 0.1) is 20.2 Å². The summed E-state index contributed by atoms with van der Waals surface area (Å²) in [5.41, 5.74) is 2.84. The number of hydrogen-bond acceptors (Lipinski definition) is 11. The molecule has 6 N–H and O–H groups in total. The molecule has 2 atom stereocenters. The first-order valence-electron chi connectivity index (χ1n) is 9.22. The predicted molar refractivity (Wildman–Crippen MR) is 108 cm³/mol. The Kier molecular flexibility index (Phi) is 9.92. The van der Waals surface area contributed by atoms with E-state index in [9.17, 15) is 44.2 Å². The van der Waals surface area contributed by atoms with Crippen LogP contribution in [0.1, 0.15) is 12.8 Å². The smallest absolute Gasteiger partial charge is 0.480 e. The lowest BCUT2D eigenvalue weighted by molar-refractivity contribution is -0.809. The van der Waals surface area contributed by atoms with Crippen LogP contribution in [0.2, 0.25) is 0 Å². The van der Waals surface area contributed by atoms with Crippen LogP contribution in [0.5, 0.6) is 0 Å². The van der Waals surface area contributed by atoms with Gasteiger partial charge in [0.2, 0.25) is 17.7 Å². The van der Waals surface area contributed by atoms with Gasteiger partial charge in [0.05, 0.1) is 5.75 Å². The van der Waals surface area contributed by atoms with Crippen LogP contribution in [0.3, 0.4) is 0 Å². The van der Waals surface area contributed by atoms with Crippen molar-refractivity contribution in [3.63, 3.8) is 0 Å². The van der Waals surface area contributed by atoms with Gasteiger partial charge >= 0.3 is 17.6 Å². The average Bonchev–Trinajstić information content (AvgIpc) is 2.67. The molecule has 0 saturated carbocycles. The van der Waals surface area contributed by atoms with E-state index in [0.717, 1.165) is 16.7 Å². The number of carbonyl (C=O) groups is 5. The van der Waals surface area contributed by atoms with Gasteiger partial charge in [-0.15, -0.1) is 11.8 Å². The van der Waals surface area contributed by atoms with Gasteiger partial charge in [0.25, 0.3) is 0 Å². The summed E-state index contributed by atoms with van der Waals surface area (Å²) >= 11 is 0.825. The fourth-order valence-electron chi connectivity index (χ4n) is 2.54. The number of likely N-dealkylation sites (tertiary alicyclic amines) is 1. The molecule has 1 heterocycles. The van der Waals surface area contributed by atoms with Crippen LogP contribution >= 0.6 is 11.8 Å². The number of carbonyl (C=O) groups excluding carboxylic acids is 3. The topological polar surface area (TPSA) is 265 Å². The molecule has 1 fully saturated rings. The van der Waals surface area contributed by atoms with Crippen molar-refractivity contribution in [2.24, 2.45) is 5.73 Å². The zero-order valence-electron chi connectivity index (χ0n) is 17.0. The summed E-state index contributed by atoms with van der Waals surface area (Å²) in [7, 11) is 0. The molecule has 2 unspecified atom stereocenters. The Morgan fingerprint density at radius 2 is 1.70 bits per heavy atom. The summed E-state index contributed by atoms with van der Waals surface area (Å²) in [4.78, 5) is 78.2. The van der Waals surface area contributed by atoms with E-state index < -0.39 is 76.9 Å². The molecule has 0 spiro atoms. The quantitative estimate of drug-likeness (QED) is 0.0900. The van der Waals surface area contributed by atoms with Crippen LogP contribution < -0.4 is 16.4 Å². The molecule has 17 nitrogen and oxygen atoms in total. The minimum absolute atomic E-state index is 0.211. The summed E-state index contributed by atoms with van der Waals surface area (Å²) in [6.07, 6.45) is -0.558. The van der Waals surface area contributed by atoms with Gasteiger partial charge in [-0.25, -0.2) is 0 Å². The largest absolute Gasteiger partial charge is 0.492 e. The van der Waals surface area contributed by atoms with E-state index in [1.54, 1.807) is 0 Å². The Balaban J connectivity index is 2.62. The molecule has 0 aromatic heterocycles. The molecule has 18 heteroatoms. The summed E-state index contributed by atoms with van der Waals surface area (Å²) in [6.45, 7) is -2.17. The third kappa shape index (κ3) is 7.83. The maximum atomic E-state index is 12.2. The molecule has 1 rings (SSSR count). The normalized spacial score (nSPS) is 16.0. The van der Waals surface area contributed by atoms with Gasteiger partial charge in [-0.3, -0.25) is 44.2 Å². The van der Waals surface area contributed by atoms with Crippen LogP contribution in [-0.4, -0.2) is 104 Å². The Labute approximate surface area is 189 Å². The molecular weight excluding hydrogens is 472 g/mol. The Bertz CT molecular complexity index is 815. The number of hydrogen-bond donors (Lipinski definition) is 5. The van der Waals surface area contributed by atoms with Crippen LogP contribution in [0.4, 0.5) is 0 Å². The van der Waals surface area contributed by atoms with E-state index in [2.05, 4.69) is 10.6 Å². The van der Waals surface area contributed by atoms with Gasteiger partial charge in [0, 0.05) is 12.2 Å². The maximum Gasteiger partial charge on any atom is 0.492 e. The number of rotatable bonds is 14. The van der Waals surface area contributed by atoms with Crippen LogP contribution in [-0.2, 0) is 24.0 Å². The van der Waals surface area contributed by atoms with Crippen molar-refractivity contribution in [3.8, 4) is 0 Å². The van der Waals surface area contributed by atoms with Crippen molar-refractivity contribution in [2.75, 3.05) is 31.1 Å². The lowest BCUT2D eigenvalue weighted by Crippen LogP contribution is -2.71. The number of nitro groups is 2. The van der Waals surface area contributed by atoms with E-state index in [-0.39, 0.29) is 24.3 Å². The van der Waals surface area contributed by atoms with Gasteiger partial charge in [-0.05, 0) is 6.42 Å². The first-order valence-corrected chi connectivity index (χ1v) is 10.4. The van der Waals surface area contributed by atoms with Gasteiger partial charge in [0.1, 0.15) is 28.5 Å². The van der Waals surface area contributed by atoms with Crippen molar-refractivity contribution in [1.29, 1.82) is 0 Å². The lowest BCUT2D eigenvalue weighted by Gasteiger charge is -2.36. The van der Waals surface area contributed by atoms with Gasteiger partial charge < -0.3 is 31.5 Å². The van der Waals surface area contributed by atoms with Crippen molar-refractivity contribution >= 4 is 41.4 Å². The molecule has 0 radical (unpaired) electrons. The predicted octanol–water partition coefficient (Wildman–Crippen LogP) is -3.31. The first kappa shape index (κ1) is 27.5. The number of nitrogens with one attached hydrogen (secondary N) is 2. The van der Waals surface area contributed by atoms with Crippen molar-refractivity contribution in [1.82, 2.24) is 15.5 Å². The number of carboxylic acid groups (broad SMARTS) is 2. The number of thioether (sulfide) groups is 1. The van der Waals surface area contributed by atoms with Gasteiger partial charge in [0.15, 0.2) is 13.1 Å². The summed E-state index contributed by atoms with van der Waals surface area (Å²) in [5, 5.41) is 43.5. The molecule has 1 saturated heterocycles. The Morgan fingerprint density at radius 1 is 1.12 bits per heavy atom. The van der Waals surface area contributed by atoms with E-state index in [1.807, 2.05) is 0 Å². The SMILES string of the molecule is NC(CCC(=O)NC(CSCC(=O)N1CC([N+](=O)[O-])([N+](=O)[O-])C1)C(=O)NCC(=O)O)C(=O)O. The number of amides is 3. The second-order valence-electron chi connectivity index (χ2n) is 6.98. The molecule has 184 valence electrons. The molecule has 1 aliphatic heterocycles. The molecular formula is C15H22N6O11S. The van der Waals surface area contributed by atoms with Crippen molar-refractivity contribution < 1.29 is 44.0 Å². The highest BCUT2D eigenvalue weighted by atomic mass is 32.2. The molecule has 0 aromatic carbocycles. The molecule has 3 amide bonds. The third-order valence-corrected chi connectivity index (χ3v) is 5.52. The van der Waals surface area contributed by atoms with Crippen molar-refractivity contribution in [2.45, 2.75) is 30.6 Å². The molecule has 33 heavy (non-hydrogen) atoms. The zero-order valence-corrected chi connectivity index (χ0v) is 17.8. The Hall–Kier alpha value is -3.54. The summed E-state index contributed by atoms with van der Waals surface area (Å²) < 4.78 is 0. The van der Waals surface area contributed by atoms with Gasteiger partial charge in [-0.2, -0.15) is 0 Å². The highest BCUT2D eigenvalue weighted by molar-refractivity contribution is 8.00. The summed E-state index contributed by atoms with van der Waals surface area (Å²) in [5.74, 6) is -5.48. The third-order valence-electron chi connectivity index (χ3n) is 4.50. The minimum Gasteiger partial charge on any atom is -0.480 e. The Morgan fingerprint density at radius 3 is 2.18 bits per heavy atom. The average molecular weight is 494 g/mol. The summed E-state index contributed by atoms with van der Waals surface area (Å²) in [6, 6.07) is -2.59. The minimum atomic E-state index is -2.45. The van der Waals surface area contributed by atoms with E-state index in [1.165, 1.54) is 0 Å². The number of aliphatic carboxylic acids is 2. The van der Waals surface area contributed by atoms with E-state index >= 15 is 0 Å². The number of carboxylic acids is 2. The second-order valence-corrected chi connectivity index (χ2v) is 8.01. The first-order chi connectivity index (χ1) is 15.3. The maximum absolute atomic E-state index is 12.2.